The molecular weight excluding hydrogens is 428 g/mol. The largest absolute Gasteiger partial charge is 0.494 e. The highest BCUT2D eigenvalue weighted by Gasteiger charge is 2.08. The Morgan fingerprint density at radius 3 is 2.09 bits per heavy atom. The number of fused-ring (bicyclic) bond motifs is 1. The Morgan fingerprint density at radius 1 is 0.706 bits per heavy atom. The second-order valence-corrected chi connectivity index (χ2v) is 8.00. The number of furan rings is 1. The number of hydrogen-bond donors (Lipinski definition) is 4. The van der Waals surface area contributed by atoms with Gasteiger partial charge in [-0.05, 0) is 67.8 Å². The summed E-state index contributed by atoms with van der Waals surface area (Å²) in [5.74, 6) is 2.37. The van der Waals surface area contributed by atoms with Crippen molar-refractivity contribution in [1.82, 2.24) is 0 Å². The number of unbranched alkanes of at least 4 members (excludes halogenated alkanes) is 2. The van der Waals surface area contributed by atoms with Crippen LogP contribution in [-0.2, 0) is 0 Å². The monoisotopic (exact) mass is 456 g/mol. The summed E-state index contributed by atoms with van der Waals surface area (Å²) in [5, 5.41) is 16.0. The van der Waals surface area contributed by atoms with Crippen molar-refractivity contribution in [2.45, 2.75) is 19.3 Å². The molecule has 0 aliphatic rings. The molecule has 0 bridgehead atoms. The minimum absolute atomic E-state index is 0.0216. The van der Waals surface area contributed by atoms with Crippen LogP contribution in [0, 0.1) is 10.8 Å². The molecule has 0 aliphatic carbocycles. The first kappa shape index (κ1) is 22.9. The topological polar surface area (TPSA) is 131 Å². The van der Waals surface area contributed by atoms with Crippen LogP contribution in [0.2, 0.25) is 0 Å². The van der Waals surface area contributed by atoms with Gasteiger partial charge in [-0.15, -0.1) is 0 Å². The third kappa shape index (κ3) is 5.75. The number of rotatable bonds is 11. The summed E-state index contributed by atoms with van der Waals surface area (Å²) in [6.07, 6.45) is 2.84. The molecule has 0 saturated heterocycles. The van der Waals surface area contributed by atoms with Crippen LogP contribution in [0.15, 0.2) is 77.2 Å². The highest BCUT2D eigenvalue weighted by atomic mass is 16.5. The van der Waals surface area contributed by atoms with Crippen LogP contribution >= 0.6 is 0 Å². The second kappa shape index (κ2) is 10.6. The summed E-state index contributed by atoms with van der Waals surface area (Å²) < 4.78 is 17.5. The zero-order valence-electron chi connectivity index (χ0n) is 18.8. The van der Waals surface area contributed by atoms with Gasteiger partial charge in [-0.2, -0.15) is 0 Å². The number of nitrogens with one attached hydrogen (secondary N) is 2. The SMILES string of the molecule is N=C(N)c1cccc(OCCCCCOc2ccc(-c3cc4ccc(C(=N)N)cc4o3)cc2)c1. The highest BCUT2D eigenvalue weighted by molar-refractivity contribution is 5.98. The maximum atomic E-state index is 7.57. The number of benzene rings is 3. The van der Waals surface area contributed by atoms with Gasteiger partial charge in [0, 0.05) is 22.1 Å². The maximum Gasteiger partial charge on any atom is 0.135 e. The Labute approximate surface area is 198 Å². The van der Waals surface area contributed by atoms with E-state index in [1.807, 2.05) is 54.6 Å². The van der Waals surface area contributed by atoms with Crippen molar-refractivity contribution in [3.63, 3.8) is 0 Å². The van der Waals surface area contributed by atoms with E-state index >= 15 is 0 Å². The van der Waals surface area contributed by atoms with Gasteiger partial charge < -0.3 is 25.4 Å². The van der Waals surface area contributed by atoms with Gasteiger partial charge in [0.2, 0.25) is 0 Å². The van der Waals surface area contributed by atoms with E-state index in [4.69, 9.17) is 36.2 Å². The summed E-state index contributed by atoms with van der Waals surface area (Å²) in [6, 6.07) is 22.6. The average Bonchev–Trinajstić information content (AvgIpc) is 3.27. The summed E-state index contributed by atoms with van der Waals surface area (Å²) in [6.45, 7) is 1.25. The van der Waals surface area contributed by atoms with Crippen molar-refractivity contribution in [1.29, 1.82) is 10.8 Å². The molecule has 1 heterocycles. The molecule has 0 unspecified atom stereocenters. The molecule has 6 N–H and O–H groups in total. The molecule has 7 nitrogen and oxygen atoms in total. The standard InChI is InChI=1S/C27H28N4O3/c28-26(29)20-5-4-6-23(15-20)33-14-3-1-2-13-32-22-11-9-18(10-12-22)24-16-19-7-8-21(27(30)31)17-25(19)34-24/h4-12,15-17H,1-3,13-14H2,(H3,28,29)(H3,30,31). The van der Waals surface area contributed by atoms with E-state index in [1.165, 1.54) is 0 Å². The molecule has 0 spiro atoms. The quantitative estimate of drug-likeness (QED) is 0.138. The van der Waals surface area contributed by atoms with E-state index in [2.05, 4.69) is 0 Å². The summed E-state index contributed by atoms with van der Waals surface area (Å²) >= 11 is 0. The minimum atomic E-state index is 0.0216. The summed E-state index contributed by atoms with van der Waals surface area (Å²) in [5.41, 5.74) is 14.0. The van der Waals surface area contributed by atoms with Crippen LogP contribution in [0.25, 0.3) is 22.3 Å². The van der Waals surface area contributed by atoms with Crippen molar-refractivity contribution >= 4 is 22.6 Å². The first-order valence-corrected chi connectivity index (χ1v) is 11.2. The van der Waals surface area contributed by atoms with Crippen molar-refractivity contribution in [3.05, 3.63) is 83.9 Å². The van der Waals surface area contributed by atoms with Crippen LogP contribution in [0.3, 0.4) is 0 Å². The van der Waals surface area contributed by atoms with Crippen LogP contribution in [0.5, 0.6) is 11.5 Å². The predicted octanol–water partition coefficient (Wildman–Crippen LogP) is 5.30. The lowest BCUT2D eigenvalue weighted by molar-refractivity contribution is 0.279. The lowest BCUT2D eigenvalue weighted by Gasteiger charge is -2.09. The zero-order chi connectivity index (χ0) is 23.9. The van der Waals surface area contributed by atoms with Gasteiger partial charge >= 0.3 is 0 Å². The maximum absolute atomic E-state index is 7.57. The van der Waals surface area contributed by atoms with E-state index in [0.29, 0.717) is 29.9 Å². The van der Waals surface area contributed by atoms with E-state index in [9.17, 15) is 0 Å². The normalized spacial score (nSPS) is 10.8. The second-order valence-electron chi connectivity index (χ2n) is 8.00. The van der Waals surface area contributed by atoms with Crippen LogP contribution in [0.4, 0.5) is 0 Å². The van der Waals surface area contributed by atoms with Crippen LogP contribution < -0.4 is 20.9 Å². The minimum Gasteiger partial charge on any atom is -0.494 e. The predicted molar refractivity (Wildman–Crippen MR) is 135 cm³/mol. The Kier molecular flexibility index (Phi) is 7.13. The van der Waals surface area contributed by atoms with E-state index in [-0.39, 0.29) is 11.7 Å². The molecule has 0 amide bonds. The van der Waals surface area contributed by atoms with Gasteiger partial charge in [0.25, 0.3) is 0 Å². The van der Waals surface area contributed by atoms with Gasteiger partial charge in [0.05, 0.1) is 13.2 Å². The molecule has 0 radical (unpaired) electrons. The fraction of sp³-hybridized carbons (Fsp3) is 0.185. The Hall–Kier alpha value is -4.26. The van der Waals surface area contributed by atoms with Crippen LogP contribution in [0.1, 0.15) is 30.4 Å². The average molecular weight is 457 g/mol. The van der Waals surface area contributed by atoms with Gasteiger partial charge in [-0.1, -0.05) is 24.3 Å². The third-order valence-electron chi connectivity index (χ3n) is 5.44. The van der Waals surface area contributed by atoms with Crippen LogP contribution in [-0.4, -0.2) is 24.9 Å². The molecule has 0 saturated carbocycles. The van der Waals surface area contributed by atoms with E-state index in [1.54, 1.807) is 18.2 Å². The number of ether oxygens (including phenoxy) is 2. The van der Waals surface area contributed by atoms with Crippen molar-refractivity contribution in [2.75, 3.05) is 13.2 Å². The Morgan fingerprint density at radius 2 is 1.38 bits per heavy atom. The molecule has 34 heavy (non-hydrogen) atoms. The third-order valence-corrected chi connectivity index (χ3v) is 5.44. The molecule has 4 aromatic rings. The van der Waals surface area contributed by atoms with Gasteiger partial charge in [-0.25, -0.2) is 0 Å². The molecule has 7 heteroatoms. The lowest BCUT2D eigenvalue weighted by atomic mass is 10.1. The molecular formula is C27H28N4O3. The van der Waals surface area contributed by atoms with E-state index in [0.717, 1.165) is 47.5 Å². The van der Waals surface area contributed by atoms with E-state index < -0.39 is 0 Å². The van der Waals surface area contributed by atoms with Gasteiger partial charge in [0.1, 0.15) is 34.5 Å². The van der Waals surface area contributed by atoms with Crippen molar-refractivity contribution in [3.8, 4) is 22.8 Å². The number of hydrogen-bond acceptors (Lipinski definition) is 5. The molecule has 3 aromatic carbocycles. The Balaban J connectivity index is 1.20. The lowest BCUT2D eigenvalue weighted by Crippen LogP contribution is -2.11. The van der Waals surface area contributed by atoms with Crippen molar-refractivity contribution in [2.24, 2.45) is 11.5 Å². The number of nitrogen functional groups attached to an aromatic ring is 2. The highest BCUT2D eigenvalue weighted by Crippen LogP contribution is 2.29. The molecule has 4 rings (SSSR count). The molecule has 1 aromatic heterocycles. The first-order chi connectivity index (χ1) is 16.5. The van der Waals surface area contributed by atoms with Gasteiger partial charge in [0.15, 0.2) is 0 Å². The Bertz CT molecular complexity index is 1290. The fourth-order valence-corrected chi connectivity index (χ4v) is 3.57. The van der Waals surface area contributed by atoms with Gasteiger partial charge in [-0.3, -0.25) is 10.8 Å². The number of amidine groups is 2. The first-order valence-electron chi connectivity index (χ1n) is 11.2. The summed E-state index contributed by atoms with van der Waals surface area (Å²) in [7, 11) is 0. The molecule has 0 aliphatic heterocycles. The molecule has 0 atom stereocenters. The fourth-order valence-electron chi connectivity index (χ4n) is 3.57. The van der Waals surface area contributed by atoms with Crippen molar-refractivity contribution < 1.29 is 13.9 Å². The molecule has 174 valence electrons. The smallest absolute Gasteiger partial charge is 0.135 e. The zero-order valence-corrected chi connectivity index (χ0v) is 18.8. The summed E-state index contributed by atoms with van der Waals surface area (Å²) in [4.78, 5) is 0. The molecule has 0 fully saturated rings. The number of nitrogens with two attached hydrogens (primary N) is 2.